The van der Waals surface area contributed by atoms with Crippen LogP contribution in [0.15, 0.2) is 0 Å². The number of thiol groups is 1. The van der Waals surface area contributed by atoms with Gasteiger partial charge in [-0.3, -0.25) is 0 Å². The second kappa shape index (κ2) is 2.71. The summed E-state index contributed by atoms with van der Waals surface area (Å²) in [5.41, 5.74) is 0. The first-order valence-electron chi connectivity index (χ1n) is 2.91. The normalized spacial score (nSPS) is 44.2. The first kappa shape index (κ1) is 6.39. The van der Waals surface area contributed by atoms with Gasteiger partial charge in [0.2, 0.25) is 0 Å². The number of hydrogen-bond donors (Lipinski definition) is 3. The van der Waals surface area contributed by atoms with Gasteiger partial charge in [0.25, 0.3) is 0 Å². The minimum absolute atomic E-state index is 0.124. The Bertz CT molecular complexity index is 58.8. The lowest BCUT2D eigenvalue weighted by Gasteiger charge is -2.23. The van der Waals surface area contributed by atoms with E-state index in [2.05, 4.69) is 0 Å². The summed E-state index contributed by atoms with van der Waals surface area (Å²) in [6.45, 7) is 0. The molecule has 3 heteroatoms. The molecule has 0 radical (unpaired) electrons. The molecule has 0 aromatic heterocycles. The number of aliphatic hydroxyl groups excluding tert-OH is 1. The lowest BCUT2D eigenvalue weighted by Crippen LogP contribution is -2.17. The van der Waals surface area contributed by atoms with Gasteiger partial charge in [0.05, 0.1) is 6.10 Å². The molecule has 0 spiro atoms. The molecule has 0 aromatic rings. The van der Waals surface area contributed by atoms with Gasteiger partial charge < -0.3 is 9.66 Å². The summed E-state index contributed by atoms with van der Waals surface area (Å²) in [7, 11) is 0. The highest BCUT2D eigenvalue weighted by molar-refractivity contribution is 8.12. The molecule has 1 heterocycles. The number of aliphatic hydroxyl groups is 1. The molecule has 0 amide bonds. The largest absolute Gasteiger partial charge is 0.393 e. The Morgan fingerprint density at radius 1 is 1.25 bits per heavy atom. The van der Waals surface area contributed by atoms with Crippen molar-refractivity contribution in [3.8, 4) is 0 Å². The Labute approximate surface area is 52.1 Å². The van der Waals surface area contributed by atoms with Crippen molar-refractivity contribution >= 4 is 11.2 Å². The maximum Gasteiger partial charge on any atom is 0.0556 e. The molecule has 0 atom stereocenters. The minimum Gasteiger partial charge on any atom is -0.393 e. The SMILES string of the molecule is OC1CC[SH](O)CC1. The van der Waals surface area contributed by atoms with Crippen LogP contribution in [0.3, 0.4) is 0 Å². The third kappa shape index (κ3) is 1.65. The van der Waals surface area contributed by atoms with Crippen molar-refractivity contribution in [2.75, 3.05) is 11.5 Å². The molecule has 0 unspecified atom stereocenters. The van der Waals surface area contributed by atoms with E-state index < -0.39 is 11.2 Å². The zero-order valence-electron chi connectivity index (χ0n) is 4.75. The molecule has 0 aromatic carbocycles. The van der Waals surface area contributed by atoms with Gasteiger partial charge in [-0.15, -0.1) is 0 Å². The van der Waals surface area contributed by atoms with E-state index in [1.54, 1.807) is 0 Å². The Hall–Kier alpha value is 0.270. The predicted octanol–water partition coefficient (Wildman–Crippen LogP) is 0.615. The minimum atomic E-state index is -0.678. The first-order valence-corrected chi connectivity index (χ1v) is 4.57. The van der Waals surface area contributed by atoms with Crippen molar-refractivity contribution in [3.05, 3.63) is 0 Å². The molecule has 1 rings (SSSR count). The van der Waals surface area contributed by atoms with Crippen LogP contribution in [-0.2, 0) is 0 Å². The van der Waals surface area contributed by atoms with Crippen LogP contribution in [0.25, 0.3) is 0 Å². The van der Waals surface area contributed by atoms with E-state index in [4.69, 9.17) is 9.66 Å². The molecular formula is C5H12O2S. The molecule has 2 nitrogen and oxygen atoms in total. The highest BCUT2D eigenvalue weighted by Gasteiger charge is 2.13. The summed E-state index contributed by atoms with van der Waals surface area (Å²) in [5, 5.41) is 8.93. The van der Waals surface area contributed by atoms with Gasteiger partial charge in [-0.25, -0.2) is 0 Å². The molecular weight excluding hydrogens is 124 g/mol. The third-order valence-corrected chi connectivity index (χ3v) is 2.99. The Kier molecular flexibility index (Phi) is 2.16. The van der Waals surface area contributed by atoms with Gasteiger partial charge in [0.15, 0.2) is 0 Å². The topological polar surface area (TPSA) is 40.5 Å². The van der Waals surface area contributed by atoms with Crippen LogP contribution in [-0.4, -0.2) is 27.3 Å². The van der Waals surface area contributed by atoms with Crippen molar-refractivity contribution in [3.63, 3.8) is 0 Å². The van der Waals surface area contributed by atoms with Crippen molar-refractivity contribution < 1.29 is 9.66 Å². The molecule has 0 bridgehead atoms. The maximum absolute atomic E-state index is 8.98. The Morgan fingerprint density at radius 2 is 1.75 bits per heavy atom. The second-order valence-electron chi connectivity index (χ2n) is 2.18. The smallest absolute Gasteiger partial charge is 0.0556 e. The van der Waals surface area contributed by atoms with E-state index in [0.29, 0.717) is 0 Å². The molecule has 1 fully saturated rings. The van der Waals surface area contributed by atoms with Crippen LogP contribution in [0, 0.1) is 0 Å². The van der Waals surface area contributed by atoms with Crippen LogP contribution in [0.1, 0.15) is 12.8 Å². The Balaban J connectivity index is 2.19. The van der Waals surface area contributed by atoms with Gasteiger partial charge in [-0.2, -0.15) is 11.2 Å². The van der Waals surface area contributed by atoms with Gasteiger partial charge in [-0.05, 0) is 24.3 Å². The standard InChI is InChI=1S/C5H12O2S/c6-5-1-3-8(7)4-2-5/h5-8H,1-4H2. The lowest BCUT2D eigenvalue weighted by molar-refractivity contribution is 0.164. The van der Waals surface area contributed by atoms with Gasteiger partial charge in [-0.1, -0.05) is 0 Å². The zero-order valence-corrected chi connectivity index (χ0v) is 5.64. The van der Waals surface area contributed by atoms with Crippen LogP contribution in [0.2, 0.25) is 0 Å². The Morgan fingerprint density at radius 3 is 2.12 bits per heavy atom. The third-order valence-electron chi connectivity index (χ3n) is 1.44. The van der Waals surface area contributed by atoms with Gasteiger partial charge >= 0.3 is 0 Å². The van der Waals surface area contributed by atoms with Gasteiger partial charge in [0.1, 0.15) is 0 Å². The number of rotatable bonds is 0. The van der Waals surface area contributed by atoms with Crippen molar-refractivity contribution in [2.45, 2.75) is 18.9 Å². The van der Waals surface area contributed by atoms with E-state index in [1.165, 1.54) is 0 Å². The summed E-state index contributed by atoms with van der Waals surface area (Å²) in [4.78, 5) is 0. The van der Waals surface area contributed by atoms with Crippen LogP contribution < -0.4 is 0 Å². The average molecular weight is 136 g/mol. The molecule has 50 valence electrons. The zero-order chi connectivity index (χ0) is 5.98. The summed E-state index contributed by atoms with van der Waals surface area (Å²) in [6, 6.07) is 0. The summed E-state index contributed by atoms with van der Waals surface area (Å²) in [6.07, 6.45) is 1.49. The summed E-state index contributed by atoms with van der Waals surface area (Å²) < 4.78 is 8.98. The molecule has 0 saturated carbocycles. The fraction of sp³-hybridized carbons (Fsp3) is 1.00. The van der Waals surface area contributed by atoms with Crippen molar-refractivity contribution in [2.24, 2.45) is 0 Å². The van der Waals surface area contributed by atoms with E-state index in [9.17, 15) is 0 Å². The van der Waals surface area contributed by atoms with Crippen molar-refractivity contribution in [1.82, 2.24) is 0 Å². The van der Waals surface area contributed by atoms with Gasteiger partial charge in [0, 0.05) is 0 Å². The van der Waals surface area contributed by atoms with E-state index in [1.807, 2.05) is 0 Å². The maximum atomic E-state index is 8.98. The quantitative estimate of drug-likeness (QED) is 0.427. The first-order chi connectivity index (χ1) is 3.79. The monoisotopic (exact) mass is 136 g/mol. The predicted molar refractivity (Wildman–Crippen MR) is 36.6 cm³/mol. The van der Waals surface area contributed by atoms with Crippen LogP contribution >= 0.6 is 11.2 Å². The van der Waals surface area contributed by atoms with E-state index in [-0.39, 0.29) is 6.10 Å². The summed E-state index contributed by atoms with van der Waals surface area (Å²) >= 11 is -0.678. The average Bonchev–Trinajstić information content (AvgIpc) is 1.77. The molecule has 1 aliphatic rings. The van der Waals surface area contributed by atoms with E-state index >= 15 is 0 Å². The highest BCUT2D eigenvalue weighted by Crippen LogP contribution is 2.28. The van der Waals surface area contributed by atoms with Crippen LogP contribution in [0.4, 0.5) is 0 Å². The fourth-order valence-corrected chi connectivity index (χ4v) is 2.27. The highest BCUT2D eigenvalue weighted by atomic mass is 32.2. The molecule has 1 aliphatic heterocycles. The van der Waals surface area contributed by atoms with Crippen molar-refractivity contribution in [1.29, 1.82) is 0 Å². The van der Waals surface area contributed by atoms with E-state index in [0.717, 1.165) is 24.3 Å². The summed E-state index contributed by atoms with van der Waals surface area (Å²) in [5.74, 6) is 1.69. The second-order valence-corrected chi connectivity index (χ2v) is 4.09. The molecule has 0 aliphatic carbocycles. The number of hydrogen-bond acceptors (Lipinski definition) is 2. The fourth-order valence-electron chi connectivity index (χ4n) is 0.852. The molecule has 1 saturated heterocycles. The lowest BCUT2D eigenvalue weighted by atomic mass is 10.2. The van der Waals surface area contributed by atoms with Crippen LogP contribution in [0.5, 0.6) is 0 Å². The molecule has 2 N–H and O–H groups in total. The molecule has 8 heavy (non-hydrogen) atoms.